The van der Waals surface area contributed by atoms with Gasteiger partial charge in [0.1, 0.15) is 36.5 Å². The third-order valence-corrected chi connectivity index (χ3v) is 9.39. The summed E-state index contributed by atoms with van der Waals surface area (Å²) in [7, 11) is 0. The molecule has 0 bridgehead atoms. The van der Waals surface area contributed by atoms with Crippen molar-refractivity contribution in [2.24, 2.45) is 0 Å². The van der Waals surface area contributed by atoms with Crippen molar-refractivity contribution in [3.05, 3.63) is 97.1 Å². The number of carbonyl (C=O) groups excluding carboxylic acids is 3. The van der Waals surface area contributed by atoms with Gasteiger partial charge in [0, 0.05) is 11.1 Å². The molecule has 12 atom stereocenters. The molecule has 6 aliphatic heterocycles. The molecule has 50 heavy (non-hydrogen) atoms. The molecule has 0 spiro atoms. The number of carbonyl (C=O) groups is 3. The fourth-order valence-corrected chi connectivity index (χ4v) is 7.21. The van der Waals surface area contributed by atoms with Crippen LogP contribution in [0.3, 0.4) is 0 Å². The average molecular weight is 693 g/mol. The van der Waals surface area contributed by atoms with Crippen LogP contribution in [0.1, 0.15) is 23.7 Å². The Morgan fingerprint density at radius 3 is 1.48 bits per heavy atom. The van der Waals surface area contributed by atoms with E-state index in [9.17, 15) is 14.4 Å². The number of fused-ring (bicyclic) bond motifs is 6. The van der Waals surface area contributed by atoms with Crippen LogP contribution in [-0.2, 0) is 47.4 Å². The van der Waals surface area contributed by atoms with Gasteiger partial charge >= 0.3 is 18.2 Å². The van der Waals surface area contributed by atoms with Crippen LogP contribution < -0.4 is 0 Å². The Kier molecular flexibility index (Phi) is 9.13. The Bertz CT molecular complexity index is 1480. The number of imide groups is 2. The molecule has 0 saturated carbocycles. The van der Waals surface area contributed by atoms with Crippen LogP contribution in [0.4, 0.5) is 14.4 Å². The molecule has 6 heterocycles. The first-order chi connectivity index (χ1) is 24.5. The zero-order valence-electron chi connectivity index (χ0n) is 26.8. The number of nitrogens with zero attached hydrogens (tertiary/aromatic N) is 2. The van der Waals surface area contributed by atoms with E-state index in [4.69, 9.17) is 47.4 Å². The number of amides is 4. The molecule has 6 saturated heterocycles. The van der Waals surface area contributed by atoms with Crippen LogP contribution in [0, 0.1) is 0 Å². The molecule has 6 aliphatic rings. The van der Waals surface area contributed by atoms with Crippen molar-refractivity contribution < 1.29 is 61.8 Å². The van der Waals surface area contributed by atoms with Crippen molar-refractivity contribution in [3.63, 3.8) is 0 Å². The summed E-state index contributed by atoms with van der Waals surface area (Å²) >= 11 is 0. The van der Waals surface area contributed by atoms with Gasteiger partial charge in [-0.2, -0.15) is 0 Å². The Hall–Kier alpha value is -4.19. The van der Waals surface area contributed by atoms with Gasteiger partial charge in [-0.3, -0.25) is 0 Å². The van der Waals surface area contributed by atoms with Crippen LogP contribution in [0.5, 0.6) is 0 Å². The summed E-state index contributed by atoms with van der Waals surface area (Å²) in [6.07, 6.45) is -8.06. The van der Waals surface area contributed by atoms with Gasteiger partial charge in [0.15, 0.2) is 37.4 Å². The number of ether oxygens (including phenoxy) is 10. The van der Waals surface area contributed by atoms with E-state index in [-0.39, 0.29) is 26.4 Å². The molecule has 2 aromatic rings. The molecule has 4 amide bonds. The SMILES string of the molecule is C=CCO[C@H]1O[C@@H]2COC(c3ccccc3)O[C@@H]2[C@@H]2OC(=O)N(C(=O)N3C(=O)O[C@H]4[C@H]5OC(c6ccccc6)OC[C@H]5O[C@H](OCC=C)[C@@H]43)[C@@H]12. The first-order valence-corrected chi connectivity index (χ1v) is 16.4. The molecule has 6 fully saturated rings. The summed E-state index contributed by atoms with van der Waals surface area (Å²) in [5.74, 6) is 0. The second-order valence-electron chi connectivity index (χ2n) is 12.4. The minimum Gasteiger partial charge on any atom is -0.440 e. The Balaban J connectivity index is 1.08. The molecular weight excluding hydrogens is 656 g/mol. The lowest BCUT2D eigenvalue weighted by atomic mass is 9.94. The lowest BCUT2D eigenvalue weighted by molar-refractivity contribution is -0.340. The van der Waals surface area contributed by atoms with Gasteiger partial charge in [-0.1, -0.05) is 72.8 Å². The first-order valence-electron chi connectivity index (χ1n) is 16.4. The zero-order chi connectivity index (χ0) is 34.4. The smallest absolute Gasteiger partial charge is 0.419 e. The highest BCUT2D eigenvalue weighted by atomic mass is 16.8. The lowest BCUT2D eigenvalue weighted by Crippen LogP contribution is -2.67. The molecule has 15 nitrogen and oxygen atoms in total. The predicted octanol–water partition coefficient (Wildman–Crippen LogP) is 3.57. The summed E-state index contributed by atoms with van der Waals surface area (Å²) in [5.41, 5.74) is 1.50. The van der Waals surface area contributed by atoms with Crippen molar-refractivity contribution in [2.45, 2.75) is 73.9 Å². The third-order valence-electron chi connectivity index (χ3n) is 9.39. The Labute approximate surface area is 287 Å². The highest BCUT2D eigenvalue weighted by molar-refractivity contribution is 6.01. The number of hydrogen-bond donors (Lipinski definition) is 0. The van der Waals surface area contributed by atoms with Gasteiger partial charge in [-0.25, -0.2) is 24.2 Å². The van der Waals surface area contributed by atoms with Crippen molar-refractivity contribution in [3.8, 4) is 0 Å². The van der Waals surface area contributed by atoms with E-state index in [1.165, 1.54) is 12.2 Å². The van der Waals surface area contributed by atoms with Crippen LogP contribution in [0.2, 0.25) is 0 Å². The van der Waals surface area contributed by atoms with E-state index in [0.29, 0.717) is 0 Å². The predicted molar refractivity (Wildman–Crippen MR) is 167 cm³/mol. The van der Waals surface area contributed by atoms with Gasteiger partial charge in [0.25, 0.3) is 0 Å². The van der Waals surface area contributed by atoms with Crippen LogP contribution in [-0.4, -0.2) is 116 Å². The maximum Gasteiger partial charge on any atom is 0.419 e. The summed E-state index contributed by atoms with van der Waals surface area (Å²) in [4.78, 5) is 43.6. The fraction of sp³-hybridized carbons (Fsp3) is 0.457. The normalized spacial score (nSPS) is 37.4. The molecule has 0 N–H and O–H groups in total. The molecule has 0 aliphatic carbocycles. The van der Waals surface area contributed by atoms with Gasteiger partial charge in [0.2, 0.25) is 0 Å². The van der Waals surface area contributed by atoms with Crippen LogP contribution in [0.25, 0.3) is 0 Å². The van der Waals surface area contributed by atoms with E-state index in [1.54, 1.807) is 0 Å². The molecule has 264 valence electrons. The van der Waals surface area contributed by atoms with Crippen LogP contribution in [0.15, 0.2) is 86.0 Å². The second-order valence-corrected chi connectivity index (χ2v) is 12.4. The van der Waals surface area contributed by atoms with Gasteiger partial charge in [-0.15, -0.1) is 13.2 Å². The van der Waals surface area contributed by atoms with Crippen molar-refractivity contribution in [1.82, 2.24) is 9.80 Å². The summed E-state index contributed by atoms with van der Waals surface area (Å²) in [6, 6.07) is 15.2. The molecule has 2 unspecified atom stereocenters. The second kappa shape index (κ2) is 13.8. The molecule has 0 aromatic heterocycles. The van der Waals surface area contributed by atoms with E-state index in [0.717, 1.165) is 20.9 Å². The lowest BCUT2D eigenvalue weighted by Gasteiger charge is -2.47. The molecule has 8 rings (SSSR count). The standard InChI is InChI=1S/C35H36N2O13/c1-3-15-41-31-23-27(25-21(45-31)17-43-29(47-25)19-11-7-5-8-12-19)49-34(39)36(23)33(38)37-24-28(50-35(37)40)26-22(46-32(24)42-16-4-2)18-44-30(48-26)20-13-9-6-10-14-20/h3-14,21-32H,1-2,15-18H2/t21-,22-,23-,24-,25+,26+,27-,28-,29?,30?,31+,32+/m1/s1. The van der Waals surface area contributed by atoms with E-state index >= 15 is 0 Å². The topological polar surface area (TPSA) is 150 Å². The Morgan fingerprint density at radius 2 is 1.08 bits per heavy atom. The fourth-order valence-electron chi connectivity index (χ4n) is 7.21. The number of urea groups is 1. The molecule has 2 aromatic carbocycles. The van der Waals surface area contributed by atoms with Gasteiger partial charge in [0.05, 0.1) is 26.4 Å². The zero-order valence-corrected chi connectivity index (χ0v) is 26.8. The van der Waals surface area contributed by atoms with E-state index in [1.807, 2.05) is 60.7 Å². The van der Waals surface area contributed by atoms with E-state index < -0.39 is 92.1 Å². The van der Waals surface area contributed by atoms with Crippen molar-refractivity contribution in [2.75, 3.05) is 26.4 Å². The number of benzene rings is 2. The Morgan fingerprint density at radius 1 is 0.660 bits per heavy atom. The molecule has 0 radical (unpaired) electrons. The number of hydrogen-bond acceptors (Lipinski definition) is 13. The summed E-state index contributed by atoms with van der Waals surface area (Å²) < 4.78 is 60.5. The maximum absolute atomic E-state index is 14.6. The highest BCUT2D eigenvalue weighted by Gasteiger charge is 2.66. The molecular formula is C35H36N2O13. The van der Waals surface area contributed by atoms with E-state index in [2.05, 4.69) is 13.2 Å². The summed E-state index contributed by atoms with van der Waals surface area (Å²) in [6.45, 7) is 7.66. The quantitative estimate of drug-likeness (QED) is 0.372. The minimum atomic E-state index is -1.17. The van der Waals surface area contributed by atoms with Gasteiger partial charge < -0.3 is 47.4 Å². The minimum absolute atomic E-state index is 0.0304. The van der Waals surface area contributed by atoms with Crippen molar-refractivity contribution >= 4 is 18.2 Å². The average Bonchev–Trinajstić information content (AvgIpc) is 3.70. The highest BCUT2D eigenvalue weighted by Crippen LogP contribution is 2.44. The molecule has 15 heteroatoms. The van der Waals surface area contributed by atoms with Gasteiger partial charge in [-0.05, 0) is 0 Å². The summed E-state index contributed by atoms with van der Waals surface area (Å²) in [5, 5.41) is 0. The monoisotopic (exact) mass is 692 g/mol. The van der Waals surface area contributed by atoms with Crippen LogP contribution >= 0.6 is 0 Å². The van der Waals surface area contributed by atoms with Crippen molar-refractivity contribution in [1.29, 1.82) is 0 Å². The largest absolute Gasteiger partial charge is 0.440 e. The first kappa shape index (κ1) is 33.0. The third kappa shape index (κ3) is 5.78. The maximum atomic E-state index is 14.6. The number of rotatable bonds is 8.